The standard InChI is InChI=1S/C16H26N4/c1-16(5-8-17-9-6-16)14-19-10-12-20(13-11-19)15-4-2-3-7-18-15/h2-4,7,17H,5-6,8-14H2,1H3. The van der Waals surface area contributed by atoms with Gasteiger partial charge in [-0.3, -0.25) is 4.90 Å². The Morgan fingerprint density at radius 2 is 1.90 bits per heavy atom. The maximum absolute atomic E-state index is 4.46. The molecule has 2 aliphatic heterocycles. The van der Waals surface area contributed by atoms with Gasteiger partial charge in [0, 0.05) is 38.9 Å². The highest BCUT2D eigenvalue weighted by molar-refractivity contribution is 5.38. The number of rotatable bonds is 3. The average Bonchev–Trinajstić information content (AvgIpc) is 2.49. The van der Waals surface area contributed by atoms with Gasteiger partial charge in [0.2, 0.25) is 0 Å². The molecule has 2 aliphatic rings. The molecule has 0 bridgehead atoms. The molecule has 1 aromatic rings. The van der Waals surface area contributed by atoms with Crippen molar-refractivity contribution >= 4 is 5.82 Å². The number of hydrogen-bond acceptors (Lipinski definition) is 4. The van der Waals surface area contributed by atoms with Gasteiger partial charge in [-0.25, -0.2) is 4.98 Å². The van der Waals surface area contributed by atoms with E-state index in [1.54, 1.807) is 0 Å². The smallest absolute Gasteiger partial charge is 0.128 e. The molecule has 0 aliphatic carbocycles. The Morgan fingerprint density at radius 1 is 1.15 bits per heavy atom. The van der Waals surface area contributed by atoms with Crippen molar-refractivity contribution < 1.29 is 0 Å². The van der Waals surface area contributed by atoms with Gasteiger partial charge in [0.1, 0.15) is 5.82 Å². The zero-order valence-corrected chi connectivity index (χ0v) is 12.5. The Bertz CT molecular complexity index is 406. The first kappa shape index (κ1) is 13.8. The number of aromatic nitrogens is 1. The summed E-state index contributed by atoms with van der Waals surface area (Å²) in [4.78, 5) is 9.50. The van der Waals surface area contributed by atoms with Gasteiger partial charge < -0.3 is 10.2 Å². The highest BCUT2D eigenvalue weighted by Crippen LogP contribution is 2.29. The van der Waals surface area contributed by atoms with E-state index in [9.17, 15) is 0 Å². The lowest BCUT2D eigenvalue weighted by Crippen LogP contribution is -2.51. The van der Waals surface area contributed by atoms with Crippen LogP contribution in [0.3, 0.4) is 0 Å². The van der Waals surface area contributed by atoms with Crippen molar-refractivity contribution in [2.45, 2.75) is 19.8 Å². The van der Waals surface area contributed by atoms with Crippen LogP contribution in [0.25, 0.3) is 0 Å². The normalized spacial score (nSPS) is 23.8. The monoisotopic (exact) mass is 274 g/mol. The second kappa shape index (κ2) is 6.10. The SMILES string of the molecule is CC1(CN2CCN(c3ccccn3)CC2)CCNCC1. The van der Waals surface area contributed by atoms with Crippen LogP contribution in [0.1, 0.15) is 19.8 Å². The van der Waals surface area contributed by atoms with Crippen molar-refractivity contribution in [2.24, 2.45) is 5.41 Å². The number of nitrogens with zero attached hydrogens (tertiary/aromatic N) is 3. The molecule has 0 unspecified atom stereocenters. The summed E-state index contributed by atoms with van der Waals surface area (Å²) < 4.78 is 0. The Morgan fingerprint density at radius 3 is 2.55 bits per heavy atom. The van der Waals surface area contributed by atoms with Crippen molar-refractivity contribution in [1.29, 1.82) is 0 Å². The highest BCUT2D eigenvalue weighted by Gasteiger charge is 2.30. The van der Waals surface area contributed by atoms with Crippen LogP contribution < -0.4 is 10.2 Å². The summed E-state index contributed by atoms with van der Waals surface area (Å²) >= 11 is 0. The molecule has 2 fully saturated rings. The van der Waals surface area contributed by atoms with Gasteiger partial charge in [-0.15, -0.1) is 0 Å². The van der Waals surface area contributed by atoms with Crippen LogP contribution in [0.15, 0.2) is 24.4 Å². The van der Waals surface area contributed by atoms with Gasteiger partial charge >= 0.3 is 0 Å². The van der Waals surface area contributed by atoms with Gasteiger partial charge in [-0.1, -0.05) is 13.0 Å². The van der Waals surface area contributed by atoms with E-state index in [4.69, 9.17) is 0 Å². The molecule has 0 atom stereocenters. The number of hydrogen-bond donors (Lipinski definition) is 1. The predicted octanol–water partition coefficient (Wildman–Crippen LogP) is 1.59. The summed E-state index contributed by atoms with van der Waals surface area (Å²) in [5, 5.41) is 3.47. The molecule has 3 rings (SSSR count). The summed E-state index contributed by atoms with van der Waals surface area (Å²) in [6, 6.07) is 6.17. The minimum Gasteiger partial charge on any atom is -0.354 e. The zero-order chi connectivity index (χ0) is 13.8. The van der Waals surface area contributed by atoms with Crippen molar-refractivity contribution in [2.75, 3.05) is 50.7 Å². The second-order valence-corrected chi connectivity index (χ2v) is 6.51. The van der Waals surface area contributed by atoms with E-state index in [-0.39, 0.29) is 0 Å². The third-order valence-corrected chi connectivity index (χ3v) is 4.76. The first-order valence-electron chi connectivity index (χ1n) is 7.84. The van der Waals surface area contributed by atoms with E-state index >= 15 is 0 Å². The molecule has 110 valence electrons. The maximum atomic E-state index is 4.46. The van der Waals surface area contributed by atoms with E-state index in [1.165, 1.54) is 45.6 Å². The zero-order valence-electron chi connectivity index (χ0n) is 12.5. The highest BCUT2D eigenvalue weighted by atomic mass is 15.3. The van der Waals surface area contributed by atoms with Crippen molar-refractivity contribution in [1.82, 2.24) is 15.2 Å². The van der Waals surface area contributed by atoms with Crippen LogP contribution in [0.4, 0.5) is 5.82 Å². The van der Waals surface area contributed by atoms with Gasteiger partial charge in [-0.05, 0) is 43.5 Å². The molecule has 0 spiro atoms. The van der Waals surface area contributed by atoms with E-state index < -0.39 is 0 Å². The first-order valence-corrected chi connectivity index (χ1v) is 7.84. The van der Waals surface area contributed by atoms with E-state index in [0.29, 0.717) is 5.41 Å². The molecule has 3 heterocycles. The summed E-state index contributed by atoms with van der Waals surface area (Å²) in [7, 11) is 0. The van der Waals surface area contributed by atoms with E-state index in [1.807, 2.05) is 12.3 Å². The Labute approximate surface area is 122 Å². The molecule has 0 radical (unpaired) electrons. The number of piperazine rings is 1. The molecule has 0 amide bonds. The quantitative estimate of drug-likeness (QED) is 0.907. The van der Waals surface area contributed by atoms with Gasteiger partial charge in [0.25, 0.3) is 0 Å². The molecular weight excluding hydrogens is 248 g/mol. The van der Waals surface area contributed by atoms with Gasteiger partial charge in [0.15, 0.2) is 0 Å². The molecule has 1 N–H and O–H groups in total. The van der Waals surface area contributed by atoms with Crippen LogP contribution >= 0.6 is 0 Å². The van der Waals surface area contributed by atoms with Crippen LogP contribution in [-0.2, 0) is 0 Å². The minimum atomic E-state index is 0.512. The molecular formula is C16H26N4. The minimum absolute atomic E-state index is 0.512. The van der Waals surface area contributed by atoms with E-state index in [2.05, 4.69) is 39.2 Å². The van der Waals surface area contributed by atoms with E-state index in [0.717, 1.165) is 18.9 Å². The fraction of sp³-hybridized carbons (Fsp3) is 0.688. The number of anilines is 1. The van der Waals surface area contributed by atoms with Crippen LogP contribution in [-0.4, -0.2) is 55.7 Å². The van der Waals surface area contributed by atoms with Crippen LogP contribution in [0.2, 0.25) is 0 Å². The van der Waals surface area contributed by atoms with Crippen molar-refractivity contribution in [3.63, 3.8) is 0 Å². The predicted molar refractivity (Wildman–Crippen MR) is 83.1 cm³/mol. The van der Waals surface area contributed by atoms with Crippen molar-refractivity contribution in [3.05, 3.63) is 24.4 Å². The lowest BCUT2D eigenvalue weighted by molar-refractivity contribution is 0.123. The summed E-state index contributed by atoms with van der Waals surface area (Å²) in [6.45, 7) is 10.6. The lowest BCUT2D eigenvalue weighted by Gasteiger charge is -2.42. The summed E-state index contributed by atoms with van der Waals surface area (Å²) in [5.74, 6) is 1.13. The molecule has 1 aromatic heterocycles. The fourth-order valence-electron chi connectivity index (χ4n) is 3.40. The Hall–Kier alpha value is -1.13. The Kier molecular flexibility index (Phi) is 4.22. The van der Waals surface area contributed by atoms with Crippen molar-refractivity contribution in [3.8, 4) is 0 Å². The molecule has 2 saturated heterocycles. The molecule has 4 nitrogen and oxygen atoms in total. The second-order valence-electron chi connectivity index (χ2n) is 6.51. The maximum Gasteiger partial charge on any atom is 0.128 e. The Balaban J connectivity index is 1.51. The third kappa shape index (κ3) is 3.30. The topological polar surface area (TPSA) is 31.4 Å². The average molecular weight is 274 g/mol. The third-order valence-electron chi connectivity index (χ3n) is 4.76. The van der Waals surface area contributed by atoms with Gasteiger partial charge in [-0.2, -0.15) is 0 Å². The number of piperidine rings is 1. The largest absolute Gasteiger partial charge is 0.354 e. The fourth-order valence-corrected chi connectivity index (χ4v) is 3.40. The molecule has 0 saturated carbocycles. The number of pyridine rings is 1. The molecule has 20 heavy (non-hydrogen) atoms. The first-order chi connectivity index (χ1) is 9.75. The van der Waals surface area contributed by atoms with Crippen LogP contribution in [0.5, 0.6) is 0 Å². The van der Waals surface area contributed by atoms with Gasteiger partial charge in [0.05, 0.1) is 0 Å². The molecule has 4 heteroatoms. The lowest BCUT2D eigenvalue weighted by atomic mass is 9.80. The summed E-state index contributed by atoms with van der Waals surface area (Å²) in [5.41, 5.74) is 0.512. The van der Waals surface area contributed by atoms with Crippen LogP contribution in [0, 0.1) is 5.41 Å². The molecule has 0 aromatic carbocycles. The summed E-state index contributed by atoms with van der Waals surface area (Å²) in [6.07, 6.45) is 4.51. The number of nitrogens with one attached hydrogen (secondary N) is 1.